The van der Waals surface area contributed by atoms with Gasteiger partial charge < -0.3 is 15.7 Å². The molecule has 0 atom stereocenters. The van der Waals surface area contributed by atoms with Crippen LogP contribution in [0.5, 0.6) is 0 Å². The zero-order chi connectivity index (χ0) is 20.7. The van der Waals surface area contributed by atoms with Gasteiger partial charge >= 0.3 is 12.1 Å². The summed E-state index contributed by atoms with van der Waals surface area (Å²) in [5, 5.41) is 9.19. The van der Waals surface area contributed by atoms with Crippen molar-refractivity contribution < 1.29 is 19.1 Å². The molecule has 4 rings (SSSR count). The number of hydrogen-bond donors (Lipinski definition) is 2. The van der Waals surface area contributed by atoms with Gasteiger partial charge in [0.2, 0.25) is 5.95 Å². The molecule has 1 aromatic carbocycles. The molecular formula is C19H21FN6O3. The topological polar surface area (TPSA) is 116 Å². The number of fused-ring (bicyclic) bond motifs is 1. The molecule has 2 aliphatic rings. The number of likely N-dealkylation sites (tertiary alicyclic amines) is 1. The van der Waals surface area contributed by atoms with Gasteiger partial charge in [0, 0.05) is 30.9 Å². The van der Waals surface area contributed by atoms with Gasteiger partial charge in [0.1, 0.15) is 11.6 Å². The van der Waals surface area contributed by atoms with Gasteiger partial charge in [-0.2, -0.15) is 4.98 Å². The maximum atomic E-state index is 14.6. The lowest BCUT2D eigenvalue weighted by atomic mass is 10.0. The number of nitrogen functional groups attached to an aromatic ring is 1. The van der Waals surface area contributed by atoms with E-state index in [1.165, 1.54) is 20.8 Å². The fourth-order valence-corrected chi connectivity index (χ4v) is 3.97. The molecule has 3 amide bonds. The summed E-state index contributed by atoms with van der Waals surface area (Å²) in [6, 6.07) is 3.98. The summed E-state index contributed by atoms with van der Waals surface area (Å²) in [5.74, 6) is -0.0413. The Bertz CT molecular complexity index is 956. The van der Waals surface area contributed by atoms with Crippen molar-refractivity contribution in [2.45, 2.75) is 32.4 Å². The monoisotopic (exact) mass is 400 g/mol. The van der Waals surface area contributed by atoms with Crippen molar-refractivity contribution in [1.82, 2.24) is 14.9 Å². The molecule has 0 saturated carbocycles. The van der Waals surface area contributed by atoms with Crippen LogP contribution >= 0.6 is 0 Å². The third-order valence-electron chi connectivity index (χ3n) is 5.41. The van der Waals surface area contributed by atoms with Crippen LogP contribution in [-0.4, -0.2) is 51.2 Å². The molecule has 10 heteroatoms. The van der Waals surface area contributed by atoms with E-state index in [4.69, 9.17) is 5.73 Å². The number of hydrogen-bond acceptors (Lipinski definition) is 5. The Kier molecular flexibility index (Phi) is 4.69. The zero-order valence-electron chi connectivity index (χ0n) is 15.9. The Labute approximate surface area is 166 Å². The molecule has 1 saturated heterocycles. The first-order valence-electron chi connectivity index (χ1n) is 9.32. The van der Waals surface area contributed by atoms with Crippen LogP contribution in [-0.2, 0) is 6.54 Å². The first-order chi connectivity index (χ1) is 13.9. The molecule has 152 valence electrons. The van der Waals surface area contributed by atoms with Crippen molar-refractivity contribution in [3.63, 3.8) is 0 Å². The predicted molar refractivity (Wildman–Crippen MR) is 104 cm³/mol. The fourth-order valence-electron chi connectivity index (χ4n) is 3.97. The van der Waals surface area contributed by atoms with Gasteiger partial charge in [0.15, 0.2) is 0 Å². The number of para-hydroxylation sites is 1. The standard InChI is InChI=1S/C19H21FN6O3/c1-11-3-2-4-14(20)15(11)25-10-12-9-22-17(21)23-16(12)26(18(25)27)13-5-7-24(8-6-13)19(28)29/h2-4,9,13H,5-8,10H2,1H3,(H,28,29)(H2,21,22,23). The Morgan fingerprint density at radius 3 is 2.69 bits per heavy atom. The lowest BCUT2D eigenvalue weighted by Gasteiger charge is -2.43. The van der Waals surface area contributed by atoms with Gasteiger partial charge in [-0.3, -0.25) is 9.80 Å². The number of carboxylic acid groups (broad SMARTS) is 1. The average molecular weight is 400 g/mol. The molecule has 0 bridgehead atoms. The van der Waals surface area contributed by atoms with Crippen LogP contribution in [0.15, 0.2) is 24.4 Å². The van der Waals surface area contributed by atoms with E-state index in [0.29, 0.717) is 42.9 Å². The van der Waals surface area contributed by atoms with E-state index in [0.717, 1.165) is 0 Å². The highest BCUT2D eigenvalue weighted by Gasteiger charge is 2.40. The second-order valence-electron chi connectivity index (χ2n) is 7.22. The maximum absolute atomic E-state index is 14.6. The number of carbonyl (C=O) groups excluding carboxylic acids is 1. The molecule has 0 unspecified atom stereocenters. The molecule has 2 aliphatic heterocycles. The number of aromatic nitrogens is 2. The number of aryl methyl sites for hydroxylation is 1. The molecule has 3 heterocycles. The Balaban J connectivity index is 1.74. The van der Waals surface area contributed by atoms with E-state index >= 15 is 0 Å². The molecule has 1 fully saturated rings. The van der Waals surface area contributed by atoms with Crippen LogP contribution in [0, 0.1) is 12.7 Å². The first-order valence-corrected chi connectivity index (χ1v) is 9.32. The van der Waals surface area contributed by atoms with Crippen LogP contribution in [0.2, 0.25) is 0 Å². The zero-order valence-corrected chi connectivity index (χ0v) is 15.9. The smallest absolute Gasteiger partial charge is 0.407 e. The second-order valence-corrected chi connectivity index (χ2v) is 7.22. The van der Waals surface area contributed by atoms with Crippen molar-refractivity contribution in [1.29, 1.82) is 0 Å². The quantitative estimate of drug-likeness (QED) is 0.801. The predicted octanol–water partition coefficient (Wildman–Crippen LogP) is 2.60. The van der Waals surface area contributed by atoms with E-state index in [1.54, 1.807) is 25.3 Å². The number of amides is 3. The lowest BCUT2D eigenvalue weighted by molar-refractivity contribution is 0.132. The third kappa shape index (κ3) is 3.30. The number of carbonyl (C=O) groups is 2. The van der Waals surface area contributed by atoms with Crippen molar-refractivity contribution >= 4 is 29.6 Å². The van der Waals surface area contributed by atoms with Gasteiger partial charge in [-0.05, 0) is 31.4 Å². The molecular weight excluding hydrogens is 379 g/mol. The minimum Gasteiger partial charge on any atom is -0.465 e. The Morgan fingerprint density at radius 2 is 2.03 bits per heavy atom. The number of rotatable bonds is 2. The molecule has 0 aliphatic carbocycles. The minimum absolute atomic E-state index is 0.0417. The number of halogens is 1. The highest BCUT2D eigenvalue weighted by atomic mass is 19.1. The largest absolute Gasteiger partial charge is 0.465 e. The summed E-state index contributed by atoms with van der Waals surface area (Å²) < 4.78 is 14.6. The molecule has 1 aromatic heterocycles. The second kappa shape index (κ2) is 7.19. The van der Waals surface area contributed by atoms with Gasteiger partial charge in [-0.1, -0.05) is 12.1 Å². The van der Waals surface area contributed by atoms with E-state index in [-0.39, 0.29) is 24.2 Å². The highest BCUT2D eigenvalue weighted by molar-refractivity contribution is 6.06. The molecule has 29 heavy (non-hydrogen) atoms. The van der Waals surface area contributed by atoms with Gasteiger partial charge in [-0.25, -0.2) is 19.0 Å². The summed E-state index contributed by atoms with van der Waals surface area (Å²) in [6.07, 6.45) is 1.47. The SMILES string of the molecule is Cc1cccc(F)c1N1Cc2cnc(N)nc2N(C2CCN(C(=O)O)CC2)C1=O. The van der Waals surface area contributed by atoms with Crippen LogP contribution in [0.25, 0.3) is 0 Å². The van der Waals surface area contributed by atoms with Crippen molar-refractivity contribution in [2.24, 2.45) is 0 Å². The summed E-state index contributed by atoms with van der Waals surface area (Å²) in [5.41, 5.74) is 7.26. The molecule has 2 aromatic rings. The Hall–Kier alpha value is -3.43. The molecule has 3 N–H and O–H groups in total. The van der Waals surface area contributed by atoms with Crippen LogP contribution in [0.3, 0.4) is 0 Å². The molecule has 0 spiro atoms. The summed E-state index contributed by atoms with van der Waals surface area (Å²) in [7, 11) is 0. The lowest BCUT2D eigenvalue weighted by Crippen LogP contribution is -2.56. The first kappa shape index (κ1) is 18.9. The Morgan fingerprint density at radius 1 is 1.31 bits per heavy atom. The van der Waals surface area contributed by atoms with E-state index in [1.807, 2.05) is 0 Å². The summed E-state index contributed by atoms with van der Waals surface area (Å²) >= 11 is 0. The molecule has 9 nitrogen and oxygen atoms in total. The number of urea groups is 1. The fraction of sp³-hybridized carbons (Fsp3) is 0.368. The number of benzene rings is 1. The van der Waals surface area contributed by atoms with Gasteiger partial charge in [-0.15, -0.1) is 0 Å². The number of nitrogens with zero attached hydrogens (tertiary/aromatic N) is 5. The maximum Gasteiger partial charge on any atom is 0.407 e. The minimum atomic E-state index is -0.982. The summed E-state index contributed by atoms with van der Waals surface area (Å²) in [4.78, 5) is 37.2. The highest BCUT2D eigenvalue weighted by Crippen LogP contribution is 2.36. The number of anilines is 3. The van der Waals surface area contributed by atoms with Crippen molar-refractivity contribution in [3.8, 4) is 0 Å². The third-order valence-corrected chi connectivity index (χ3v) is 5.41. The number of piperidine rings is 1. The van der Waals surface area contributed by atoms with Gasteiger partial charge in [0.05, 0.1) is 12.2 Å². The van der Waals surface area contributed by atoms with Gasteiger partial charge in [0.25, 0.3) is 0 Å². The van der Waals surface area contributed by atoms with Crippen LogP contribution < -0.4 is 15.5 Å². The van der Waals surface area contributed by atoms with Crippen molar-refractivity contribution in [3.05, 3.63) is 41.3 Å². The van der Waals surface area contributed by atoms with Crippen LogP contribution in [0.4, 0.5) is 31.4 Å². The van der Waals surface area contributed by atoms with Crippen molar-refractivity contribution in [2.75, 3.05) is 28.6 Å². The average Bonchev–Trinajstić information content (AvgIpc) is 2.68. The van der Waals surface area contributed by atoms with E-state index in [2.05, 4.69) is 9.97 Å². The van der Waals surface area contributed by atoms with E-state index < -0.39 is 17.9 Å². The normalized spacial score (nSPS) is 17.4. The number of nitrogens with two attached hydrogens (primary N) is 1. The van der Waals surface area contributed by atoms with Crippen LogP contribution in [0.1, 0.15) is 24.0 Å². The molecule has 0 radical (unpaired) electrons. The summed E-state index contributed by atoms with van der Waals surface area (Å²) in [6.45, 7) is 2.48. The van der Waals surface area contributed by atoms with E-state index in [9.17, 15) is 19.1 Å².